The number of aromatic nitrogens is 1. The zero-order valence-electron chi connectivity index (χ0n) is 13.8. The minimum atomic E-state index is 0.906. The molecule has 0 atom stereocenters. The molecule has 0 amide bonds. The summed E-state index contributed by atoms with van der Waals surface area (Å²) in [6, 6.07) is 23.0. The van der Waals surface area contributed by atoms with Gasteiger partial charge in [-0.05, 0) is 22.6 Å². The van der Waals surface area contributed by atoms with Crippen LogP contribution in [-0.4, -0.2) is 4.57 Å². The Morgan fingerprint density at radius 2 is 1.28 bits per heavy atom. The highest BCUT2D eigenvalue weighted by Crippen LogP contribution is 2.39. The topological polar surface area (TPSA) is 4.93 Å². The maximum atomic E-state index is 5.88. The van der Waals surface area contributed by atoms with Crippen molar-refractivity contribution in [3.63, 3.8) is 0 Å². The second-order valence-corrected chi connectivity index (χ2v) is 7.30. The van der Waals surface area contributed by atoms with E-state index in [1.807, 2.05) is 12.1 Å². The highest BCUT2D eigenvalue weighted by atomic mass is 32.1. The molecule has 2 aromatic carbocycles. The van der Waals surface area contributed by atoms with Crippen LogP contribution < -0.4 is 0 Å². The summed E-state index contributed by atoms with van der Waals surface area (Å²) in [5.74, 6) is 0. The van der Waals surface area contributed by atoms with E-state index < -0.39 is 0 Å². The largest absolute Gasteiger partial charge is 0.356 e. The molecule has 0 unspecified atom stereocenters. The molecule has 0 fully saturated rings. The summed E-state index contributed by atoms with van der Waals surface area (Å²) in [6.45, 7) is 0. The molecule has 4 rings (SSSR count). The molecule has 1 nitrogen and oxygen atoms in total. The Balaban J connectivity index is 1.93. The van der Waals surface area contributed by atoms with Crippen molar-refractivity contribution in [2.24, 2.45) is 7.05 Å². The van der Waals surface area contributed by atoms with Crippen LogP contribution in [0.5, 0.6) is 0 Å². The Morgan fingerprint density at radius 3 is 1.92 bits per heavy atom. The standard InChI is InChI=1S/C22H17NS2/c1-23-14-19(17-10-6-3-7-11-17)21(24)20(15-23)22-18(12-13-25-22)16-8-4-2-5-9-16/h2-15H,1H3. The number of pyridine rings is 1. The molecule has 2 heterocycles. The summed E-state index contributed by atoms with van der Waals surface area (Å²) < 4.78 is 3.01. The minimum absolute atomic E-state index is 0.906. The van der Waals surface area contributed by atoms with Gasteiger partial charge in [0.25, 0.3) is 0 Å². The second-order valence-electron chi connectivity index (χ2n) is 5.98. The SMILES string of the molecule is Cn1cc(-c2ccccc2)c(=S)c(-c2sccc2-c2ccccc2)c1. The first-order valence-electron chi connectivity index (χ1n) is 8.13. The number of nitrogens with zero attached hydrogens (tertiary/aromatic N) is 1. The van der Waals surface area contributed by atoms with Gasteiger partial charge in [-0.25, -0.2) is 0 Å². The molecule has 0 spiro atoms. The van der Waals surface area contributed by atoms with E-state index in [2.05, 4.69) is 84.0 Å². The van der Waals surface area contributed by atoms with Gasteiger partial charge in [0.15, 0.2) is 0 Å². The molecule has 0 bridgehead atoms. The van der Waals surface area contributed by atoms with Crippen molar-refractivity contribution < 1.29 is 0 Å². The van der Waals surface area contributed by atoms with Gasteiger partial charge in [0.1, 0.15) is 0 Å². The van der Waals surface area contributed by atoms with Crippen LogP contribution >= 0.6 is 23.6 Å². The average molecular weight is 360 g/mol. The van der Waals surface area contributed by atoms with Crippen LogP contribution in [0.1, 0.15) is 0 Å². The molecule has 0 radical (unpaired) electrons. The lowest BCUT2D eigenvalue weighted by atomic mass is 10.0. The van der Waals surface area contributed by atoms with Gasteiger partial charge in [0.2, 0.25) is 0 Å². The quantitative estimate of drug-likeness (QED) is 0.363. The van der Waals surface area contributed by atoms with Gasteiger partial charge in [-0.15, -0.1) is 11.3 Å². The summed E-state index contributed by atoms with van der Waals surface area (Å²) >= 11 is 7.63. The van der Waals surface area contributed by atoms with Crippen LogP contribution in [0.15, 0.2) is 84.5 Å². The highest BCUT2D eigenvalue weighted by molar-refractivity contribution is 7.71. The normalized spacial score (nSPS) is 10.8. The van der Waals surface area contributed by atoms with E-state index in [1.54, 1.807) is 11.3 Å². The monoisotopic (exact) mass is 359 g/mol. The first-order chi connectivity index (χ1) is 12.2. The van der Waals surface area contributed by atoms with Crippen molar-refractivity contribution >= 4 is 23.6 Å². The Kier molecular flexibility index (Phi) is 4.35. The summed E-state index contributed by atoms with van der Waals surface area (Å²) in [5.41, 5.74) is 5.83. The van der Waals surface area contributed by atoms with E-state index in [0.717, 1.165) is 21.2 Å². The molecule has 25 heavy (non-hydrogen) atoms. The average Bonchev–Trinajstić information content (AvgIpc) is 3.14. The molecule has 0 saturated heterocycles. The van der Waals surface area contributed by atoms with Crippen molar-refractivity contribution in [2.45, 2.75) is 0 Å². The second kappa shape index (κ2) is 6.79. The zero-order valence-corrected chi connectivity index (χ0v) is 15.5. The lowest BCUT2D eigenvalue weighted by Crippen LogP contribution is -1.95. The minimum Gasteiger partial charge on any atom is -0.356 e. The van der Waals surface area contributed by atoms with Gasteiger partial charge in [-0.1, -0.05) is 72.9 Å². The van der Waals surface area contributed by atoms with E-state index in [1.165, 1.54) is 16.0 Å². The summed E-state index contributed by atoms with van der Waals surface area (Å²) in [7, 11) is 2.06. The van der Waals surface area contributed by atoms with Crippen LogP contribution in [0.2, 0.25) is 0 Å². The first kappa shape index (κ1) is 16.0. The van der Waals surface area contributed by atoms with E-state index in [4.69, 9.17) is 12.2 Å². The fraction of sp³-hybridized carbons (Fsp3) is 0.0455. The molecule has 2 aromatic heterocycles. The molecule has 0 aliphatic rings. The maximum absolute atomic E-state index is 5.88. The molecule has 0 N–H and O–H groups in total. The maximum Gasteiger partial charge on any atom is 0.0571 e. The van der Waals surface area contributed by atoms with Crippen molar-refractivity contribution in [3.8, 4) is 32.7 Å². The van der Waals surface area contributed by atoms with Crippen molar-refractivity contribution in [2.75, 3.05) is 0 Å². The first-order valence-corrected chi connectivity index (χ1v) is 9.42. The van der Waals surface area contributed by atoms with Crippen molar-refractivity contribution in [1.82, 2.24) is 4.57 Å². The van der Waals surface area contributed by atoms with Gasteiger partial charge in [0, 0.05) is 41.0 Å². The smallest absolute Gasteiger partial charge is 0.0571 e. The van der Waals surface area contributed by atoms with E-state index >= 15 is 0 Å². The van der Waals surface area contributed by atoms with E-state index in [-0.39, 0.29) is 0 Å². The fourth-order valence-corrected chi connectivity index (χ4v) is 4.38. The number of aryl methyl sites for hydroxylation is 1. The van der Waals surface area contributed by atoms with Crippen LogP contribution in [-0.2, 0) is 7.05 Å². The summed E-state index contributed by atoms with van der Waals surface area (Å²) in [5, 5.41) is 2.14. The predicted molar refractivity (Wildman–Crippen MR) is 110 cm³/mol. The molecular formula is C22H17NS2. The van der Waals surface area contributed by atoms with Crippen LogP contribution in [0.3, 0.4) is 0 Å². The van der Waals surface area contributed by atoms with Gasteiger partial charge in [0.05, 0.1) is 4.51 Å². The Bertz CT molecular complexity index is 1060. The van der Waals surface area contributed by atoms with E-state index in [9.17, 15) is 0 Å². The summed E-state index contributed by atoms with van der Waals surface area (Å²) in [4.78, 5) is 1.23. The third kappa shape index (κ3) is 3.09. The van der Waals surface area contributed by atoms with Crippen LogP contribution in [0.4, 0.5) is 0 Å². The lowest BCUT2D eigenvalue weighted by molar-refractivity contribution is 0.907. The van der Waals surface area contributed by atoms with Gasteiger partial charge < -0.3 is 4.57 Å². The molecule has 0 aliphatic heterocycles. The lowest BCUT2D eigenvalue weighted by Gasteiger charge is -2.11. The molecule has 4 aromatic rings. The molecule has 122 valence electrons. The Morgan fingerprint density at radius 1 is 0.720 bits per heavy atom. The van der Waals surface area contributed by atoms with Crippen molar-refractivity contribution in [1.29, 1.82) is 0 Å². The molecule has 3 heteroatoms. The number of benzene rings is 2. The van der Waals surface area contributed by atoms with Crippen molar-refractivity contribution in [3.05, 3.63) is 89.0 Å². The third-order valence-electron chi connectivity index (χ3n) is 4.23. The van der Waals surface area contributed by atoms with E-state index in [0.29, 0.717) is 0 Å². The Hall–Kier alpha value is -2.49. The van der Waals surface area contributed by atoms with Gasteiger partial charge in [-0.2, -0.15) is 0 Å². The van der Waals surface area contributed by atoms with Gasteiger partial charge in [-0.3, -0.25) is 0 Å². The molecule has 0 aliphatic carbocycles. The molecular weight excluding hydrogens is 342 g/mol. The number of rotatable bonds is 3. The highest BCUT2D eigenvalue weighted by Gasteiger charge is 2.13. The van der Waals surface area contributed by atoms with Crippen LogP contribution in [0, 0.1) is 4.51 Å². The zero-order chi connectivity index (χ0) is 17.2. The van der Waals surface area contributed by atoms with Gasteiger partial charge >= 0.3 is 0 Å². The predicted octanol–water partition coefficient (Wildman–Crippen LogP) is 6.82. The number of hydrogen-bond acceptors (Lipinski definition) is 2. The Labute approximate surface area is 156 Å². The number of hydrogen-bond donors (Lipinski definition) is 0. The fourth-order valence-electron chi connectivity index (χ4n) is 3.05. The van der Waals surface area contributed by atoms with Crippen LogP contribution in [0.25, 0.3) is 32.7 Å². The third-order valence-corrected chi connectivity index (χ3v) is 5.62. The number of thiophene rings is 1. The molecule has 0 saturated carbocycles. The summed E-state index contributed by atoms with van der Waals surface area (Å²) in [6.07, 6.45) is 4.24.